The maximum atomic E-state index is 12.4. The highest BCUT2D eigenvalue weighted by atomic mass is 35.5. The minimum absolute atomic E-state index is 0.101. The molecule has 0 spiro atoms. The number of hydrogen-bond donors (Lipinski definition) is 2. The summed E-state index contributed by atoms with van der Waals surface area (Å²) in [5, 5.41) is 6.70. The van der Waals surface area contributed by atoms with Gasteiger partial charge in [0.05, 0.1) is 24.0 Å². The van der Waals surface area contributed by atoms with Gasteiger partial charge in [-0.3, -0.25) is 10.1 Å². The number of methoxy groups -OCH3 is 1. The van der Waals surface area contributed by atoms with E-state index in [0.717, 1.165) is 31.9 Å². The Morgan fingerprint density at radius 1 is 1.09 bits per heavy atom. The lowest BCUT2D eigenvalue weighted by Gasteiger charge is -2.35. The van der Waals surface area contributed by atoms with Crippen LogP contribution in [0.1, 0.15) is 15.9 Å². The van der Waals surface area contributed by atoms with E-state index in [-0.39, 0.29) is 5.11 Å². The van der Waals surface area contributed by atoms with E-state index < -0.39 is 11.9 Å². The highest BCUT2D eigenvalue weighted by molar-refractivity contribution is 7.80. The summed E-state index contributed by atoms with van der Waals surface area (Å²) in [5.41, 5.74) is 2.52. The molecule has 7 nitrogen and oxygen atoms in total. The van der Waals surface area contributed by atoms with Gasteiger partial charge in [-0.25, -0.2) is 4.79 Å². The Labute approximate surface area is 208 Å². The molecule has 0 bridgehead atoms. The van der Waals surface area contributed by atoms with Gasteiger partial charge in [0.2, 0.25) is 5.91 Å². The number of halogens is 2. The summed E-state index contributed by atoms with van der Waals surface area (Å²) in [5.74, 6) is -0.885. The summed E-state index contributed by atoms with van der Waals surface area (Å²) in [6, 6.07) is 10.2. The monoisotopic (exact) mass is 506 g/mol. The number of amides is 1. The maximum Gasteiger partial charge on any atom is 0.337 e. The molecule has 2 aromatic rings. The summed E-state index contributed by atoms with van der Waals surface area (Å²) in [4.78, 5) is 28.8. The van der Waals surface area contributed by atoms with E-state index in [0.29, 0.717) is 26.9 Å². The Balaban J connectivity index is 1.73. The third-order valence-corrected chi connectivity index (χ3v) is 5.89. The molecule has 0 unspecified atom stereocenters. The van der Waals surface area contributed by atoms with Crippen molar-refractivity contribution in [1.82, 2.24) is 10.2 Å². The molecule has 1 aliphatic heterocycles. The number of anilines is 2. The van der Waals surface area contributed by atoms with Crippen molar-refractivity contribution < 1.29 is 14.3 Å². The van der Waals surface area contributed by atoms with Crippen LogP contribution in [0.25, 0.3) is 6.08 Å². The quantitative estimate of drug-likeness (QED) is 0.359. The van der Waals surface area contributed by atoms with Crippen LogP contribution in [0.3, 0.4) is 0 Å². The molecule has 3 rings (SSSR count). The molecule has 33 heavy (non-hydrogen) atoms. The molecular formula is C23H24Cl2N4O3S. The number of carbonyl (C=O) groups is 2. The Hall–Kier alpha value is -2.65. The van der Waals surface area contributed by atoms with Crippen molar-refractivity contribution in [3.63, 3.8) is 0 Å². The fourth-order valence-electron chi connectivity index (χ4n) is 3.31. The molecule has 0 radical (unpaired) electrons. The number of carbonyl (C=O) groups excluding carboxylic acids is 2. The molecule has 2 N–H and O–H groups in total. The van der Waals surface area contributed by atoms with Crippen LogP contribution in [0, 0.1) is 0 Å². The van der Waals surface area contributed by atoms with Gasteiger partial charge >= 0.3 is 5.97 Å². The number of hydrogen-bond acceptors (Lipinski definition) is 6. The van der Waals surface area contributed by atoms with Crippen molar-refractivity contribution in [2.75, 3.05) is 50.6 Å². The summed E-state index contributed by atoms with van der Waals surface area (Å²) >= 11 is 17.4. The highest BCUT2D eigenvalue weighted by Gasteiger charge is 2.19. The van der Waals surface area contributed by atoms with E-state index in [4.69, 9.17) is 40.2 Å². The molecule has 0 aromatic heterocycles. The average Bonchev–Trinajstić information content (AvgIpc) is 2.78. The van der Waals surface area contributed by atoms with Crippen molar-refractivity contribution in [3.05, 3.63) is 63.6 Å². The van der Waals surface area contributed by atoms with Crippen LogP contribution in [-0.4, -0.2) is 62.2 Å². The molecule has 2 aromatic carbocycles. The second kappa shape index (κ2) is 11.5. The first kappa shape index (κ1) is 25.0. The van der Waals surface area contributed by atoms with Crippen molar-refractivity contribution in [3.8, 4) is 0 Å². The van der Waals surface area contributed by atoms with Gasteiger partial charge in [-0.15, -0.1) is 0 Å². The molecule has 1 saturated heterocycles. The number of piperazine rings is 1. The van der Waals surface area contributed by atoms with Crippen molar-refractivity contribution in [2.45, 2.75) is 0 Å². The number of benzene rings is 2. The Kier molecular flexibility index (Phi) is 8.68. The Morgan fingerprint density at radius 2 is 1.82 bits per heavy atom. The van der Waals surface area contributed by atoms with E-state index in [1.165, 1.54) is 13.2 Å². The third kappa shape index (κ3) is 6.91. The van der Waals surface area contributed by atoms with Crippen LogP contribution in [0.5, 0.6) is 0 Å². The summed E-state index contributed by atoms with van der Waals surface area (Å²) in [6.45, 7) is 3.48. The molecule has 174 valence electrons. The zero-order valence-electron chi connectivity index (χ0n) is 18.2. The smallest absolute Gasteiger partial charge is 0.337 e. The van der Waals surface area contributed by atoms with Gasteiger partial charge in [0, 0.05) is 42.3 Å². The number of likely N-dealkylation sites (N-methyl/N-ethyl adjacent to an activating group) is 1. The first-order valence-corrected chi connectivity index (χ1v) is 11.3. The lowest BCUT2D eigenvalue weighted by atomic mass is 10.1. The highest BCUT2D eigenvalue weighted by Crippen LogP contribution is 2.28. The summed E-state index contributed by atoms with van der Waals surface area (Å²) < 4.78 is 4.83. The number of thiocarbonyl (C=S) groups is 1. The van der Waals surface area contributed by atoms with Gasteiger partial charge in [0.25, 0.3) is 0 Å². The molecule has 1 amide bonds. The largest absolute Gasteiger partial charge is 0.465 e. The van der Waals surface area contributed by atoms with E-state index in [1.807, 2.05) is 6.07 Å². The minimum atomic E-state index is -0.458. The molecule has 10 heteroatoms. The van der Waals surface area contributed by atoms with E-state index in [9.17, 15) is 9.59 Å². The normalized spacial score (nSPS) is 14.2. The van der Waals surface area contributed by atoms with Crippen LogP contribution in [0.4, 0.5) is 11.4 Å². The zero-order chi connectivity index (χ0) is 24.0. The lowest BCUT2D eigenvalue weighted by molar-refractivity contribution is -0.115. The predicted molar refractivity (Wildman–Crippen MR) is 137 cm³/mol. The van der Waals surface area contributed by atoms with Crippen molar-refractivity contribution in [1.29, 1.82) is 0 Å². The first-order valence-electron chi connectivity index (χ1n) is 10.2. The standard InChI is InChI=1S/C23H24Cl2N4O3S/c1-28-9-11-29(12-10-28)20-7-4-16(22(31)32-2)13-19(20)26-23(33)27-21(30)8-5-15-3-6-17(24)14-18(15)25/h3-8,13-14H,9-12H2,1-2H3,(H2,26,27,30,33)/b8-5+. The second-order valence-corrected chi connectivity index (χ2v) is 8.71. The number of nitrogens with one attached hydrogen (secondary N) is 2. The fourth-order valence-corrected chi connectivity index (χ4v) is 4.00. The Bertz CT molecular complexity index is 1090. The van der Waals surface area contributed by atoms with E-state index in [2.05, 4.69) is 27.5 Å². The lowest BCUT2D eigenvalue weighted by Crippen LogP contribution is -2.45. The van der Waals surface area contributed by atoms with Crippen molar-refractivity contribution in [2.24, 2.45) is 0 Å². The van der Waals surface area contributed by atoms with Crippen LogP contribution in [0.2, 0.25) is 10.0 Å². The van der Waals surface area contributed by atoms with Crippen LogP contribution >= 0.6 is 35.4 Å². The molecule has 0 atom stereocenters. The zero-order valence-corrected chi connectivity index (χ0v) is 20.6. The molecule has 0 saturated carbocycles. The van der Waals surface area contributed by atoms with Gasteiger partial charge in [0.1, 0.15) is 0 Å². The summed E-state index contributed by atoms with van der Waals surface area (Å²) in [6.07, 6.45) is 2.90. The SMILES string of the molecule is COC(=O)c1ccc(N2CCN(C)CC2)c(NC(=S)NC(=O)/C=C/c2ccc(Cl)cc2Cl)c1. The van der Waals surface area contributed by atoms with Crippen molar-refractivity contribution >= 4 is 69.9 Å². The average molecular weight is 507 g/mol. The number of rotatable bonds is 5. The van der Waals surface area contributed by atoms with Gasteiger partial charge in [-0.1, -0.05) is 29.3 Å². The minimum Gasteiger partial charge on any atom is -0.465 e. The number of esters is 1. The second-order valence-electron chi connectivity index (χ2n) is 7.46. The van der Waals surface area contributed by atoms with E-state index in [1.54, 1.807) is 36.4 Å². The molecule has 1 heterocycles. The first-order chi connectivity index (χ1) is 15.8. The number of nitrogens with zero attached hydrogens (tertiary/aromatic N) is 2. The number of ether oxygens (including phenoxy) is 1. The summed E-state index contributed by atoms with van der Waals surface area (Å²) in [7, 11) is 3.40. The molecule has 1 fully saturated rings. The molecule has 1 aliphatic rings. The van der Waals surface area contributed by atoms with Crippen LogP contribution < -0.4 is 15.5 Å². The van der Waals surface area contributed by atoms with Crippen LogP contribution in [-0.2, 0) is 9.53 Å². The topological polar surface area (TPSA) is 73.9 Å². The molecular weight excluding hydrogens is 483 g/mol. The predicted octanol–water partition coefficient (Wildman–Crippen LogP) is 4.06. The van der Waals surface area contributed by atoms with Crippen LogP contribution in [0.15, 0.2) is 42.5 Å². The maximum absolute atomic E-state index is 12.4. The molecule has 0 aliphatic carbocycles. The Morgan fingerprint density at radius 3 is 2.48 bits per heavy atom. The third-order valence-electron chi connectivity index (χ3n) is 5.12. The van der Waals surface area contributed by atoms with Gasteiger partial charge in [-0.2, -0.15) is 0 Å². The van der Waals surface area contributed by atoms with Gasteiger partial charge in [0.15, 0.2) is 5.11 Å². The van der Waals surface area contributed by atoms with E-state index >= 15 is 0 Å². The fraction of sp³-hybridized carbons (Fsp3) is 0.261. The van der Waals surface area contributed by atoms with Gasteiger partial charge < -0.3 is 19.9 Å². The van der Waals surface area contributed by atoms with Gasteiger partial charge in [-0.05, 0) is 61.2 Å².